The van der Waals surface area contributed by atoms with Gasteiger partial charge < -0.3 is 10.2 Å². The summed E-state index contributed by atoms with van der Waals surface area (Å²) in [5.41, 5.74) is 2.09. The van der Waals surface area contributed by atoms with Crippen LogP contribution < -0.4 is 10.2 Å². The van der Waals surface area contributed by atoms with E-state index in [0.29, 0.717) is 43.0 Å². The van der Waals surface area contributed by atoms with E-state index in [2.05, 4.69) is 5.32 Å². The summed E-state index contributed by atoms with van der Waals surface area (Å²) in [6.07, 6.45) is 1.20. The van der Waals surface area contributed by atoms with Gasteiger partial charge >= 0.3 is 0 Å². The lowest BCUT2D eigenvalue weighted by atomic mass is 10.1. The SMILES string of the molecule is Cc1cc(C(=O)Nc2ccccc2N2CCN(S(C)(=O)=O)CC2)ccc1[N+](=O)[O-]. The third-order valence-corrected chi connectivity index (χ3v) is 6.16. The lowest BCUT2D eigenvalue weighted by Gasteiger charge is -2.35. The van der Waals surface area contributed by atoms with Gasteiger partial charge in [0.15, 0.2) is 0 Å². The molecule has 1 saturated heterocycles. The monoisotopic (exact) mass is 418 g/mol. The van der Waals surface area contributed by atoms with E-state index in [4.69, 9.17) is 0 Å². The van der Waals surface area contributed by atoms with Gasteiger partial charge in [0.05, 0.1) is 22.6 Å². The number of rotatable bonds is 5. The molecule has 1 amide bonds. The van der Waals surface area contributed by atoms with Crippen LogP contribution in [0.4, 0.5) is 17.1 Å². The fraction of sp³-hybridized carbons (Fsp3) is 0.316. The molecule has 0 bridgehead atoms. The molecule has 1 aliphatic heterocycles. The summed E-state index contributed by atoms with van der Waals surface area (Å²) in [5, 5.41) is 13.8. The number of nitrogens with one attached hydrogen (secondary N) is 1. The number of nitro benzene ring substituents is 1. The van der Waals surface area contributed by atoms with Crippen LogP contribution >= 0.6 is 0 Å². The van der Waals surface area contributed by atoms with Crippen molar-refractivity contribution in [2.45, 2.75) is 6.92 Å². The number of hydrogen-bond acceptors (Lipinski definition) is 6. The average molecular weight is 418 g/mol. The van der Waals surface area contributed by atoms with Crippen LogP contribution in [0.5, 0.6) is 0 Å². The zero-order valence-corrected chi connectivity index (χ0v) is 17.0. The number of carbonyl (C=O) groups is 1. The molecule has 1 fully saturated rings. The zero-order chi connectivity index (χ0) is 21.2. The summed E-state index contributed by atoms with van der Waals surface area (Å²) in [5.74, 6) is -0.370. The van der Waals surface area contributed by atoms with Gasteiger partial charge in [0.1, 0.15) is 0 Å². The number of piperazine rings is 1. The molecule has 154 valence electrons. The summed E-state index contributed by atoms with van der Waals surface area (Å²) >= 11 is 0. The molecule has 0 aliphatic carbocycles. The van der Waals surface area contributed by atoms with Crippen molar-refractivity contribution in [3.8, 4) is 0 Å². The van der Waals surface area contributed by atoms with E-state index in [-0.39, 0.29) is 11.6 Å². The highest BCUT2D eigenvalue weighted by Gasteiger charge is 2.25. The summed E-state index contributed by atoms with van der Waals surface area (Å²) in [6.45, 7) is 3.36. The van der Waals surface area contributed by atoms with Crippen LogP contribution in [-0.4, -0.2) is 56.0 Å². The normalized spacial score (nSPS) is 15.2. The Balaban J connectivity index is 1.77. The maximum Gasteiger partial charge on any atom is 0.272 e. The Labute approximate surface area is 169 Å². The first-order valence-corrected chi connectivity index (χ1v) is 10.9. The van der Waals surface area contributed by atoms with Gasteiger partial charge in [-0.15, -0.1) is 0 Å². The quantitative estimate of drug-likeness (QED) is 0.589. The third-order valence-electron chi connectivity index (χ3n) is 4.86. The minimum Gasteiger partial charge on any atom is -0.367 e. The number of hydrogen-bond donors (Lipinski definition) is 1. The van der Waals surface area contributed by atoms with E-state index in [1.807, 2.05) is 17.0 Å². The molecule has 29 heavy (non-hydrogen) atoms. The molecule has 0 atom stereocenters. The van der Waals surface area contributed by atoms with Crippen molar-refractivity contribution in [1.29, 1.82) is 0 Å². The number of benzene rings is 2. The number of carbonyl (C=O) groups excluding carboxylic acids is 1. The first-order chi connectivity index (χ1) is 13.7. The third kappa shape index (κ3) is 4.72. The van der Waals surface area contributed by atoms with Gasteiger partial charge in [0.25, 0.3) is 11.6 Å². The van der Waals surface area contributed by atoms with Crippen LogP contribution in [0.1, 0.15) is 15.9 Å². The smallest absolute Gasteiger partial charge is 0.272 e. The largest absolute Gasteiger partial charge is 0.367 e. The molecule has 0 radical (unpaired) electrons. The predicted octanol–water partition coefficient (Wildman–Crippen LogP) is 2.24. The van der Waals surface area contributed by atoms with Crippen molar-refractivity contribution in [1.82, 2.24) is 4.31 Å². The van der Waals surface area contributed by atoms with Crippen molar-refractivity contribution < 1.29 is 18.1 Å². The molecule has 1 aliphatic rings. The van der Waals surface area contributed by atoms with E-state index in [1.54, 1.807) is 19.1 Å². The molecule has 2 aromatic rings. The maximum absolute atomic E-state index is 12.7. The minimum atomic E-state index is -3.22. The second-order valence-electron chi connectivity index (χ2n) is 6.88. The van der Waals surface area contributed by atoms with Gasteiger partial charge in [0.2, 0.25) is 10.0 Å². The molecule has 0 saturated carbocycles. The lowest BCUT2D eigenvalue weighted by Crippen LogP contribution is -2.48. The van der Waals surface area contributed by atoms with E-state index >= 15 is 0 Å². The molecule has 1 N–H and O–H groups in total. The molecular formula is C19H22N4O5S. The number of anilines is 2. The standard InChI is InChI=1S/C19H22N4O5S/c1-14-13-15(7-8-17(14)23(25)26)19(24)20-16-5-3-4-6-18(16)21-9-11-22(12-10-21)29(2,27)28/h3-8,13H,9-12H2,1-2H3,(H,20,24). The molecule has 0 unspecified atom stereocenters. The van der Waals surface area contributed by atoms with Gasteiger partial charge in [-0.25, -0.2) is 8.42 Å². The molecule has 0 spiro atoms. The molecule has 0 aromatic heterocycles. The highest BCUT2D eigenvalue weighted by molar-refractivity contribution is 7.88. The Morgan fingerprint density at radius 1 is 1.10 bits per heavy atom. The topological polar surface area (TPSA) is 113 Å². The Morgan fingerprint density at radius 3 is 2.34 bits per heavy atom. The first-order valence-electron chi connectivity index (χ1n) is 9.02. The second-order valence-corrected chi connectivity index (χ2v) is 8.86. The highest BCUT2D eigenvalue weighted by Crippen LogP contribution is 2.28. The fourth-order valence-electron chi connectivity index (χ4n) is 3.31. The van der Waals surface area contributed by atoms with Crippen LogP contribution in [0.25, 0.3) is 0 Å². The van der Waals surface area contributed by atoms with Gasteiger partial charge in [-0.1, -0.05) is 12.1 Å². The Bertz CT molecular complexity index is 1050. The zero-order valence-electron chi connectivity index (χ0n) is 16.2. The number of amides is 1. The van der Waals surface area contributed by atoms with Gasteiger partial charge in [-0.2, -0.15) is 4.31 Å². The van der Waals surface area contributed by atoms with Crippen LogP contribution in [0.2, 0.25) is 0 Å². The van der Waals surface area contributed by atoms with Crippen molar-refractivity contribution >= 4 is 33.0 Å². The van der Waals surface area contributed by atoms with Gasteiger partial charge in [-0.05, 0) is 31.2 Å². The Kier molecular flexibility index (Phi) is 5.85. The predicted molar refractivity (Wildman–Crippen MR) is 111 cm³/mol. The summed E-state index contributed by atoms with van der Waals surface area (Å²) in [7, 11) is -3.22. The molecular weight excluding hydrogens is 396 g/mol. The van der Waals surface area contributed by atoms with Gasteiger partial charge in [-0.3, -0.25) is 14.9 Å². The Morgan fingerprint density at radius 2 is 1.76 bits per heavy atom. The van der Waals surface area contributed by atoms with Crippen molar-refractivity contribution in [2.24, 2.45) is 0 Å². The van der Waals surface area contributed by atoms with E-state index < -0.39 is 14.9 Å². The number of nitrogens with zero attached hydrogens (tertiary/aromatic N) is 3. The molecule has 3 rings (SSSR count). The first kappa shape index (κ1) is 20.7. The summed E-state index contributed by atoms with van der Waals surface area (Å²) < 4.78 is 24.8. The maximum atomic E-state index is 12.7. The molecule has 2 aromatic carbocycles. The van der Waals surface area contributed by atoms with Crippen molar-refractivity contribution in [2.75, 3.05) is 42.7 Å². The summed E-state index contributed by atoms with van der Waals surface area (Å²) in [6, 6.07) is 11.5. The minimum absolute atomic E-state index is 0.0364. The molecule has 10 heteroatoms. The number of nitro groups is 1. The van der Waals surface area contributed by atoms with Crippen molar-refractivity contribution in [3.63, 3.8) is 0 Å². The molecule has 1 heterocycles. The van der Waals surface area contributed by atoms with Crippen LogP contribution in [0, 0.1) is 17.0 Å². The Hall–Kier alpha value is -2.98. The van der Waals surface area contributed by atoms with Crippen molar-refractivity contribution in [3.05, 3.63) is 63.7 Å². The number of sulfonamides is 1. The number of aryl methyl sites for hydroxylation is 1. The lowest BCUT2D eigenvalue weighted by molar-refractivity contribution is -0.385. The van der Waals surface area contributed by atoms with Crippen LogP contribution in [0.3, 0.4) is 0 Å². The van der Waals surface area contributed by atoms with Crippen LogP contribution in [-0.2, 0) is 10.0 Å². The highest BCUT2D eigenvalue weighted by atomic mass is 32.2. The summed E-state index contributed by atoms with van der Waals surface area (Å²) in [4.78, 5) is 25.2. The van der Waals surface area contributed by atoms with Crippen LogP contribution in [0.15, 0.2) is 42.5 Å². The number of para-hydroxylation sites is 2. The van der Waals surface area contributed by atoms with E-state index in [1.165, 1.54) is 28.8 Å². The van der Waals surface area contributed by atoms with E-state index in [9.17, 15) is 23.3 Å². The molecule has 9 nitrogen and oxygen atoms in total. The van der Waals surface area contributed by atoms with Gasteiger partial charge in [0, 0.05) is 43.4 Å². The van der Waals surface area contributed by atoms with E-state index in [0.717, 1.165) is 5.69 Å². The average Bonchev–Trinajstić information content (AvgIpc) is 2.67. The fourth-order valence-corrected chi connectivity index (χ4v) is 4.14. The second kappa shape index (κ2) is 8.18.